The Hall–Kier alpha value is -3.72. The SMILES string of the molecule is O=C(Nc1cccc(Cn2cc(Br)cn2)c1)c1ccc(COc2ccc3c(c2)OCO3)o1. The van der Waals surface area contributed by atoms with Crippen LogP contribution in [0.5, 0.6) is 17.2 Å². The zero-order chi connectivity index (χ0) is 21.9. The summed E-state index contributed by atoms with van der Waals surface area (Å²) >= 11 is 3.39. The van der Waals surface area contributed by atoms with Crippen molar-refractivity contribution < 1.29 is 23.4 Å². The smallest absolute Gasteiger partial charge is 0.291 e. The number of ether oxygens (including phenoxy) is 3. The molecule has 4 aromatic rings. The van der Waals surface area contributed by atoms with E-state index in [-0.39, 0.29) is 25.1 Å². The van der Waals surface area contributed by atoms with E-state index in [1.54, 1.807) is 36.5 Å². The average molecular weight is 496 g/mol. The lowest BCUT2D eigenvalue weighted by molar-refractivity contribution is 0.0992. The molecule has 8 nitrogen and oxygen atoms in total. The minimum atomic E-state index is -0.335. The fourth-order valence-corrected chi connectivity index (χ4v) is 3.58. The molecule has 5 rings (SSSR count). The summed E-state index contributed by atoms with van der Waals surface area (Å²) in [6, 6.07) is 16.3. The summed E-state index contributed by atoms with van der Waals surface area (Å²) in [7, 11) is 0. The number of carbonyl (C=O) groups excluding carboxylic acids is 1. The Morgan fingerprint density at radius 2 is 2.03 bits per heavy atom. The number of halogens is 1. The first-order chi connectivity index (χ1) is 15.6. The number of nitrogens with zero attached hydrogens (tertiary/aromatic N) is 2. The Kier molecular flexibility index (Phi) is 5.55. The van der Waals surface area contributed by atoms with Crippen LogP contribution in [-0.2, 0) is 13.2 Å². The van der Waals surface area contributed by atoms with Gasteiger partial charge in [-0.3, -0.25) is 9.48 Å². The van der Waals surface area contributed by atoms with Crippen LogP contribution in [0.25, 0.3) is 0 Å². The number of rotatable bonds is 7. The number of benzene rings is 2. The Morgan fingerprint density at radius 1 is 1.12 bits per heavy atom. The zero-order valence-corrected chi connectivity index (χ0v) is 18.4. The fourth-order valence-electron chi connectivity index (χ4n) is 3.25. The molecule has 3 heterocycles. The first kappa shape index (κ1) is 20.2. The van der Waals surface area contributed by atoms with E-state index in [0.29, 0.717) is 35.2 Å². The Labute approximate surface area is 191 Å². The second-order valence-corrected chi connectivity index (χ2v) is 8.00. The molecule has 162 valence electrons. The van der Waals surface area contributed by atoms with E-state index in [9.17, 15) is 4.79 Å². The maximum absolute atomic E-state index is 12.6. The Bertz CT molecular complexity index is 1270. The van der Waals surface area contributed by atoms with Gasteiger partial charge in [-0.25, -0.2) is 0 Å². The third-order valence-corrected chi connectivity index (χ3v) is 5.15. The molecule has 32 heavy (non-hydrogen) atoms. The predicted molar refractivity (Wildman–Crippen MR) is 119 cm³/mol. The van der Waals surface area contributed by atoms with Crippen LogP contribution in [0, 0.1) is 0 Å². The average Bonchev–Trinajstić information content (AvgIpc) is 3.53. The Balaban J connectivity index is 1.19. The highest BCUT2D eigenvalue weighted by Crippen LogP contribution is 2.35. The highest BCUT2D eigenvalue weighted by atomic mass is 79.9. The van der Waals surface area contributed by atoms with Gasteiger partial charge in [0.2, 0.25) is 6.79 Å². The lowest BCUT2D eigenvalue weighted by atomic mass is 10.2. The van der Waals surface area contributed by atoms with Gasteiger partial charge in [0.1, 0.15) is 18.1 Å². The van der Waals surface area contributed by atoms with Gasteiger partial charge >= 0.3 is 0 Å². The highest BCUT2D eigenvalue weighted by Gasteiger charge is 2.15. The zero-order valence-electron chi connectivity index (χ0n) is 16.8. The number of aromatic nitrogens is 2. The van der Waals surface area contributed by atoms with E-state index in [1.165, 1.54) is 0 Å². The van der Waals surface area contributed by atoms with Gasteiger partial charge in [-0.15, -0.1) is 0 Å². The second kappa shape index (κ2) is 8.80. The summed E-state index contributed by atoms with van der Waals surface area (Å²) in [5, 5.41) is 7.11. The summed E-state index contributed by atoms with van der Waals surface area (Å²) in [6.45, 7) is 0.985. The van der Waals surface area contributed by atoms with Gasteiger partial charge in [-0.05, 0) is 57.9 Å². The van der Waals surface area contributed by atoms with Crippen LogP contribution in [-0.4, -0.2) is 22.5 Å². The van der Waals surface area contributed by atoms with Crippen LogP contribution in [0.15, 0.2) is 75.9 Å². The lowest BCUT2D eigenvalue weighted by Gasteiger charge is -2.07. The quantitative estimate of drug-likeness (QED) is 0.394. The van der Waals surface area contributed by atoms with Crippen molar-refractivity contribution in [3.8, 4) is 17.2 Å². The maximum Gasteiger partial charge on any atom is 0.291 e. The van der Waals surface area contributed by atoms with Crippen molar-refractivity contribution in [2.75, 3.05) is 12.1 Å². The van der Waals surface area contributed by atoms with Crippen LogP contribution in [0.3, 0.4) is 0 Å². The summed E-state index contributed by atoms with van der Waals surface area (Å²) in [5.41, 5.74) is 1.68. The second-order valence-electron chi connectivity index (χ2n) is 7.08. The first-order valence-electron chi connectivity index (χ1n) is 9.82. The number of nitrogens with one attached hydrogen (secondary N) is 1. The number of fused-ring (bicyclic) bond motifs is 1. The summed E-state index contributed by atoms with van der Waals surface area (Å²) in [6.07, 6.45) is 3.62. The van der Waals surface area contributed by atoms with Crippen LogP contribution in [0.1, 0.15) is 21.9 Å². The van der Waals surface area contributed by atoms with Crippen molar-refractivity contribution in [2.45, 2.75) is 13.2 Å². The topological polar surface area (TPSA) is 87.8 Å². The van der Waals surface area contributed by atoms with Crippen LogP contribution in [0.4, 0.5) is 5.69 Å². The normalized spacial score (nSPS) is 12.0. The molecule has 0 fully saturated rings. The molecule has 0 aliphatic carbocycles. The van der Waals surface area contributed by atoms with Gasteiger partial charge in [0.25, 0.3) is 5.91 Å². The minimum Gasteiger partial charge on any atom is -0.486 e. The standard InChI is InChI=1S/C23H18BrN3O5/c24-16-10-25-27(12-16)11-15-2-1-3-17(8-15)26-23(28)21-7-5-19(32-21)13-29-18-4-6-20-22(9-18)31-14-30-20/h1-10,12H,11,13-14H2,(H,26,28). The molecule has 0 saturated heterocycles. The molecule has 0 bridgehead atoms. The molecule has 0 unspecified atom stereocenters. The van der Waals surface area contributed by atoms with E-state index >= 15 is 0 Å². The van der Waals surface area contributed by atoms with Gasteiger partial charge in [-0.2, -0.15) is 5.10 Å². The molecule has 1 aliphatic rings. The van der Waals surface area contributed by atoms with Crippen molar-refractivity contribution >= 4 is 27.5 Å². The molecule has 1 N–H and O–H groups in total. The van der Waals surface area contributed by atoms with Crippen molar-refractivity contribution in [3.63, 3.8) is 0 Å². The molecule has 0 spiro atoms. The molecule has 0 saturated carbocycles. The fraction of sp³-hybridized carbons (Fsp3) is 0.130. The van der Waals surface area contributed by atoms with Gasteiger partial charge in [-0.1, -0.05) is 12.1 Å². The number of amides is 1. The Morgan fingerprint density at radius 3 is 2.91 bits per heavy atom. The maximum atomic E-state index is 12.6. The third-order valence-electron chi connectivity index (χ3n) is 4.74. The minimum absolute atomic E-state index is 0.182. The number of carbonyl (C=O) groups is 1. The monoisotopic (exact) mass is 495 g/mol. The van der Waals surface area contributed by atoms with Crippen molar-refractivity contribution in [1.29, 1.82) is 0 Å². The predicted octanol–water partition coefficient (Wildman–Crippen LogP) is 4.85. The first-order valence-corrected chi connectivity index (χ1v) is 10.6. The van der Waals surface area contributed by atoms with E-state index in [0.717, 1.165) is 10.0 Å². The van der Waals surface area contributed by atoms with Gasteiger partial charge in [0.15, 0.2) is 17.3 Å². The number of hydrogen-bond donors (Lipinski definition) is 1. The van der Waals surface area contributed by atoms with Crippen molar-refractivity contribution in [3.05, 3.63) is 88.5 Å². The molecule has 2 aromatic heterocycles. The summed E-state index contributed by atoms with van der Waals surface area (Å²) in [4.78, 5) is 12.6. The van der Waals surface area contributed by atoms with Crippen LogP contribution in [0.2, 0.25) is 0 Å². The number of anilines is 1. The molecule has 1 aliphatic heterocycles. The molecule has 9 heteroatoms. The third kappa shape index (κ3) is 4.62. The van der Waals surface area contributed by atoms with E-state index in [4.69, 9.17) is 18.6 Å². The van der Waals surface area contributed by atoms with Crippen molar-refractivity contribution in [2.24, 2.45) is 0 Å². The lowest BCUT2D eigenvalue weighted by Crippen LogP contribution is -2.11. The highest BCUT2D eigenvalue weighted by molar-refractivity contribution is 9.10. The van der Waals surface area contributed by atoms with E-state index < -0.39 is 0 Å². The van der Waals surface area contributed by atoms with E-state index in [2.05, 4.69) is 26.3 Å². The molecular formula is C23H18BrN3O5. The van der Waals surface area contributed by atoms with E-state index in [1.807, 2.05) is 35.1 Å². The largest absolute Gasteiger partial charge is 0.486 e. The van der Waals surface area contributed by atoms with Gasteiger partial charge in [0, 0.05) is 18.0 Å². The summed E-state index contributed by atoms with van der Waals surface area (Å²) in [5.74, 6) is 2.36. The number of hydrogen-bond acceptors (Lipinski definition) is 6. The van der Waals surface area contributed by atoms with Gasteiger partial charge < -0.3 is 23.9 Å². The molecule has 0 radical (unpaired) electrons. The van der Waals surface area contributed by atoms with Crippen LogP contribution < -0.4 is 19.5 Å². The molecular weight excluding hydrogens is 478 g/mol. The summed E-state index contributed by atoms with van der Waals surface area (Å²) < 4.78 is 24.7. The molecule has 1 amide bonds. The number of furan rings is 1. The van der Waals surface area contributed by atoms with Crippen molar-refractivity contribution in [1.82, 2.24) is 9.78 Å². The molecule has 2 aromatic carbocycles. The molecule has 0 atom stereocenters. The van der Waals surface area contributed by atoms with Gasteiger partial charge in [0.05, 0.1) is 17.2 Å². The van der Waals surface area contributed by atoms with Crippen LogP contribution >= 0.6 is 15.9 Å².